The average molecular weight is 237 g/mol. The van der Waals surface area contributed by atoms with E-state index in [1.807, 2.05) is 37.4 Å². The van der Waals surface area contributed by atoms with E-state index in [0.29, 0.717) is 5.02 Å². The van der Waals surface area contributed by atoms with E-state index >= 15 is 0 Å². The summed E-state index contributed by atoms with van der Waals surface area (Å²) in [6, 6.07) is 9.43. The molecule has 0 aliphatic carbocycles. The van der Waals surface area contributed by atoms with Crippen LogP contribution in [0.15, 0.2) is 36.5 Å². The average Bonchev–Trinajstić information content (AvgIpc) is 2.69. The monoisotopic (exact) mass is 236 g/mol. The van der Waals surface area contributed by atoms with Gasteiger partial charge in [-0.15, -0.1) is 0 Å². The summed E-state index contributed by atoms with van der Waals surface area (Å²) in [5.41, 5.74) is 4.83. The van der Waals surface area contributed by atoms with Crippen molar-refractivity contribution in [3.63, 3.8) is 0 Å². The third-order valence-electron chi connectivity index (χ3n) is 2.52. The second kappa shape index (κ2) is 4.65. The van der Waals surface area contributed by atoms with Crippen LogP contribution in [0.25, 0.3) is 0 Å². The van der Waals surface area contributed by atoms with Gasteiger partial charge in [-0.2, -0.15) is 5.10 Å². The van der Waals surface area contributed by atoms with Gasteiger partial charge >= 0.3 is 0 Å². The molecule has 1 heterocycles. The largest absolute Gasteiger partial charge is 0.271 e. The molecule has 2 rings (SSSR count). The van der Waals surface area contributed by atoms with Crippen LogP contribution in [0.1, 0.15) is 17.3 Å². The Bertz CT molecular complexity index is 463. The highest BCUT2D eigenvalue weighted by atomic mass is 35.5. The minimum Gasteiger partial charge on any atom is -0.271 e. The summed E-state index contributed by atoms with van der Waals surface area (Å²) in [5.74, 6) is 5.58. The molecule has 3 N–H and O–H groups in total. The van der Waals surface area contributed by atoms with Gasteiger partial charge in [-0.25, -0.2) is 5.43 Å². The number of nitrogens with one attached hydrogen (secondary N) is 1. The maximum Gasteiger partial charge on any atom is 0.0878 e. The Morgan fingerprint density at radius 3 is 2.50 bits per heavy atom. The Morgan fingerprint density at radius 1 is 1.31 bits per heavy atom. The molecule has 1 atom stereocenters. The Hall–Kier alpha value is -1.36. The molecule has 0 aliphatic heterocycles. The SMILES string of the molecule is Cn1nccc1C(NN)c1ccc(Cl)cc1. The van der Waals surface area contributed by atoms with Gasteiger partial charge in [0, 0.05) is 18.3 Å². The molecule has 0 amide bonds. The zero-order chi connectivity index (χ0) is 11.5. The second-order valence-electron chi connectivity index (χ2n) is 3.53. The summed E-state index contributed by atoms with van der Waals surface area (Å²) < 4.78 is 1.79. The quantitative estimate of drug-likeness (QED) is 0.629. The molecule has 5 heteroatoms. The van der Waals surface area contributed by atoms with Crippen molar-refractivity contribution < 1.29 is 0 Å². The van der Waals surface area contributed by atoms with Crippen molar-refractivity contribution in [2.24, 2.45) is 12.9 Å². The van der Waals surface area contributed by atoms with Gasteiger partial charge in [0.25, 0.3) is 0 Å². The van der Waals surface area contributed by atoms with E-state index in [1.165, 1.54) is 0 Å². The first-order valence-corrected chi connectivity index (χ1v) is 5.29. The van der Waals surface area contributed by atoms with Crippen molar-refractivity contribution in [2.75, 3.05) is 0 Å². The lowest BCUT2D eigenvalue weighted by atomic mass is 10.0. The minimum absolute atomic E-state index is 0.0789. The number of aromatic nitrogens is 2. The van der Waals surface area contributed by atoms with Gasteiger partial charge in [0.1, 0.15) is 0 Å². The van der Waals surface area contributed by atoms with Gasteiger partial charge in [0.05, 0.1) is 11.7 Å². The number of halogens is 1. The first-order valence-electron chi connectivity index (χ1n) is 4.92. The number of hydrazine groups is 1. The molecule has 0 saturated carbocycles. The molecule has 1 aromatic heterocycles. The number of nitrogens with two attached hydrogens (primary N) is 1. The van der Waals surface area contributed by atoms with E-state index in [-0.39, 0.29) is 6.04 Å². The van der Waals surface area contributed by atoms with Crippen LogP contribution in [0.4, 0.5) is 0 Å². The molecule has 0 fully saturated rings. The van der Waals surface area contributed by atoms with Crippen LogP contribution in [0.2, 0.25) is 5.02 Å². The van der Waals surface area contributed by atoms with Crippen LogP contribution in [0, 0.1) is 0 Å². The number of nitrogens with zero attached hydrogens (tertiary/aromatic N) is 2. The van der Waals surface area contributed by atoms with E-state index in [4.69, 9.17) is 17.4 Å². The zero-order valence-electron chi connectivity index (χ0n) is 8.89. The molecule has 16 heavy (non-hydrogen) atoms. The van der Waals surface area contributed by atoms with Crippen LogP contribution in [0.5, 0.6) is 0 Å². The summed E-state index contributed by atoms with van der Waals surface area (Å²) in [7, 11) is 1.88. The Kier molecular flexibility index (Phi) is 3.24. The fraction of sp³-hybridized carbons (Fsp3) is 0.182. The number of rotatable bonds is 3. The number of benzene rings is 1. The van der Waals surface area contributed by atoms with Crippen LogP contribution in [0.3, 0.4) is 0 Å². The molecule has 0 aliphatic rings. The van der Waals surface area contributed by atoms with Gasteiger partial charge in [0.2, 0.25) is 0 Å². The fourth-order valence-corrected chi connectivity index (χ4v) is 1.80. The molecule has 0 saturated heterocycles. The highest BCUT2D eigenvalue weighted by Crippen LogP contribution is 2.21. The second-order valence-corrected chi connectivity index (χ2v) is 3.97. The normalized spacial score (nSPS) is 12.7. The molecule has 0 bridgehead atoms. The third kappa shape index (κ3) is 2.09. The maximum absolute atomic E-state index is 5.85. The lowest BCUT2D eigenvalue weighted by Gasteiger charge is -2.16. The topological polar surface area (TPSA) is 55.9 Å². The zero-order valence-corrected chi connectivity index (χ0v) is 9.65. The van der Waals surface area contributed by atoms with E-state index in [2.05, 4.69) is 10.5 Å². The van der Waals surface area contributed by atoms with Gasteiger partial charge in [-0.1, -0.05) is 23.7 Å². The summed E-state index contributed by atoms with van der Waals surface area (Å²) in [4.78, 5) is 0. The van der Waals surface area contributed by atoms with E-state index in [0.717, 1.165) is 11.3 Å². The van der Waals surface area contributed by atoms with Crippen molar-refractivity contribution in [3.8, 4) is 0 Å². The Balaban J connectivity index is 2.37. The van der Waals surface area contributed by atoms with Crippen LogP contribution in [-0.4, -0.2) is 9.78 Å². The van der Waals surface area contributed by atoms with E-state index < -0.39 is 0 Å². The molecule has 1 unspecified atom stereocenters. The fourth-order valence-electron chi connectivity index (χ4n) is 1.67. The maximum atomic E-state index is 5.85. The van der Waals surface area contributed by atoms with Crippen LogP contribution >= 0.6 is 11.6 Å². The predicted molar refractivity (Wildman–Crippen MR) is 63.8 cm³/mol. The third-order valence-corrected chi connectivity index (χ3v) is 2.78. The van der Waals surface area contributed by atoms with Gasteiger partial charge in [0.15, 0.2) is 0 Å². The van der Waals surface area contributed by atoms with Crippen LogP contribution in [-0.2, 0) is 7.05 Å². The Labute approximate surface area is 99.0 Å². The van der Waals surface area contributed by atoms with Crippen molar-refractivity contribution in [1.82, 2.24) is 15.2 Å². The summed E-state index contributed by atoms with van der Waals surface area (Å²) in [5, 5.41) is 4.84. The Morgan fingerprint density at radius 2 is 2.00 bits per heavy atom. The smallest absolute Gasteiger partial charge is 0.0878 e. The molecular weight excluding hydrogens is 224 g/mol. The van der Waals surface area contributed by atoms with Crippen molar-refractivity contribution in [3.05, 3.63) is 52.8 Å². The predicted octanol–water partition coefficient (Wildman–Crippen LogP) is 1.63. The minimum atomic E-state index is -0.0789. The van der Waals surface area contributed by atoms with Crippen molar-refractivity contribution in [1.29, 1.82) is 0 Å². The van der Waals surface area contributed by atoms with Gasteiger partial charge < -0.3 is 0 Å². The molecule has 0 spiro atoms. The molecule has 1 aromatic carbocycles. The molecular formula is C11H13ClN4. The molecule has 4 nitrogen and oxygen atoms in total. The van der Waals surface area contributed by atoms with E-state index in [1.54, 1.807) is 10.9 Å². The summed E-state index contributed by atoms with van der Waals surface area (Å²) in [6.45, 7) is 0. The lowest BCUT2D eigenvalue weighted by Crippen LogP contribution is -2.30. The van der Waals surface area contributed by atoms with E-state index in [9.17, 15) is 0 Å². The highest BCUT2D eigenvalue weighted by molar-refractivity contribution is 6.30. The number of hydrogen-bond donors (Lipinski definition) is 2. The first kappa shape index (κ1) is 11.1. The molecule has 0 radical (unpaired) electrons. The summed E-state index contributed by atoms with van der Waals surface area (Å²) in [6.07, 6.45) is 1.75. The van der Waals surface area contributed by atoms with Gasteiger partial charge in [-0.3, -0.25) is 10.5 Å². The number of aryl methyl sites for hydroxylation is 1. The van der Waals surface area contributed by atoms with Crippen molar-refractivity contribution in [2.45, 2.75) is 6.04 Å². The standard InChI is InChI=1S/C11H13ClN4/c1-16-10(6-7-14-16)11(15-13)8-2-4-9(12)5-3-8/h2-7,11,15H,13H2,1H3. The summed E-state index contributed by atoms with van der Waals surface area (Å²) >= 11 is 5.85. The first-order chi connectivity index (χ1) is 7.72. The van der Waals surface area contributed by atoms with Gasteiger partial charge in [-0.05, 0) is 23.8 Å². The number of hydrogen-bond acceptors (Lipinski definition) is 3. The van der Waals surface area contributed by atoms with Crippen molar-refractivity contribution >= 4 is 11.6 Å². The highest BCUT2D eigenvalue weighted by Gasteiger charge is 2.15. The molecule has 84 valence electrons. The molecule has 2 aromatic rings. The lowest BCUT2D eigenvalue weighted by molar-refractivity contribution is 0.575. The van der Waals surface area contributed by atoms with Crippen LogP contribution < -0.4 is 11.3 Å².